The Kier molecular flexibility index (Phi) is 6.72. The predicted molar refractivity (Wildman–Crippen MR) is 203 cm³/mol. The highest BCUT2D eigenvalue weighted by atomic mass is 15.1. The predicted octanol–water partition coefficient (Wildman–Crippen LogP) is 12.3. The fraction of sp³-hybridized carbons (Fsp3) is 0.0217. The van der Waals surface area contributed by atoms with Crippen LogP contribution in [0.5, 0.6) is 0 Å². The van der Waals surface area contributed by atoms with Gasteiger partial charge < -0.3 is 0 Å². The van der Waals surface area contributed by atoms with Crippen molar-refractivity contribution < 1.29 is 0 Å². The van der Waals surface area contributed by atoms with Crippen LogP contribution >= 0.6 is 0 Å². The fourth-order valence-electron chi connectivity index (χ4n) is 7.23. The smallest absolute Gasteiger partial charge is 0.145 e. The topological polar surface area (TPSA) is 17.8 Å². The monoisotopic (exact) mass is 612 g/mol. The molecule has 0 saturated heterocycles. The lowest BCUT2D eigenvalue weighted by atomic mass is 9.84. The lowest BCUT2D eigenvalue weighted by molar-refractivity contribution is 1.10. The van der Waals surface area contributed by atoms with E-state index in [0.717, 1.165) is 33.7 Å². The first kappa shape index (κ1) is 28.0. The zero-order chi connectivity index (χ0) is 32.0. The minimum atomic E-state index is 0.938. The van der Waals surface area contributed by atoms with Crippen LogP contribution in [0.25, 0.3) is 83.0 Å². The third kappa shape index (κ3) is 4.70. The quantitative estimate of drug-likeness (QED) is 0.177. The summed E-state index contributed by atoms with van der Waals surface area (Å²) in [6.45, 7) is 2.18. The summed E-state index contributed by atoms with van der Waals surface area (Å²) in [5, 5.41) is 5.04. The fourth-order valence-corrected chi connectivity index (χ4v) is 7.23. The lowest BCUT2D eigenvalue weighted by Crippen LogP contribution is -1.97. The van der Waals surface area contributed by atoms with E-state index in [4.69, 9.17) is 4.98 Å². The van der Waals surface area contributed by atoms with Crippen molar-refractivity contribution in [2.24, 2.45) is 0 Å². The van der Waals surface area contributed by atoms with Gasteiger partial charge in [-0.1, -0.05) is 151 Å². The number of hydrogen-bond acceptors (Lipinski definition) is 1. The van der Waals surface area contributed by atoms with Gasteiger partial charge in [0.25, 0.3) is 0 Å². The molecule has 226 valence electrons. The van der Waals surface area contributed by atoms with Gasteiger partial charge in [-0.05, 0) is 92.2 Å². The highest BCUT2D eigenvalue weighted by molar-refractivity contribution is 6.22. The summed E-state index contributed by atoms with van der Waals surface area (Å²) in [5.74, 6) is 0.938. The van der Waals surface area contributed by atoms with E-state index >= 15 is 0 Å². The van der Waals surface area contributed by atoms with Crippen LogP contribution in [0, 0.1) is 6.92 Å². The summed E-state index contributed by atoms with van der Waals surface area (Å²) in [6, 6.07) is 63.2. The Morgan fingerprint density at radius 2 is 0.896 bits per heavy atom. The van der Waals surface area contributed by atoms with E-state index in [1.54, 1.807) is 0 Å². The molecule has 2 heteroatoms. The highest BCUT2D eigenvalue weighted by Gasteiger charge is 2.19. The number of nitrogens with zero attached hydrogens (tertiary/aromatic N) is 2. The minimum absolute atomic E-state index is 0.938. The van der Waals surface area contributed by atoms with Crippen LogP contribution in [0.4, 0.5) is 0 Å². The molecule has 0 bridgehead atoms. The lowest BCUT2D eigenvalue weighted by Gasteiger charge is -2.19. The van der Waals surface area contributed by atoms with Gasteiger partial charge in [0.2, 0.25) is 0 Å². The van der Waals surface area contributed by atoms with Crippen molar-refractivity contribution >= 4 is 32.6 Å². The standard InChI is InChI=1S/C46H32N2/c1-31-22-25-38-40(28-31)44(32-14-6-2-7-15-32)39-26-23-35(29-41(39)45(38)33-16-8-3-9-17-33)36-24-27-43-42(30-36)47-46(34-18-10-4-11-19-34)48(43)37-20-12-5-13-21-37/h2-30H,1H3. The van der Waals surface area contributed by atoms with E-state index < -0.39 is 0 Å². The number of aryl methyl sites for hydroxylation is 1. The molecule has 0 radical (unpaired) electrons. The Morgan fingerprint density at radius 1 is 0.396 bits per heavy atom. The van der Waals surface area contributed by atoms with Gasteiger partial charge in [-0.3, -0.25) is 4.57 Å². The summed E-state index contributed by atoms with van der Waals surface area (Å²) in [5.41, 5.74) is 12.8. The van der Waals surface area contributed by atoms with Crippen molar-refractivity contribution in [3.05, 3.63) is 181 Å². The van der Waals surface area contributed by atoms with Crippen molar-refractivity contribution in [1.82, 2.24) is 9.55 Å². The van der Waals surface area contributed by atoms with Crippen molar-refractivity contribution in [2.75, 3.05) is 0 Å². The summed E-state index contributed by atoms with van der Waals surface area (Å²) < 4.78 is 2.27. The van der Waals surface area contributed by atoms with Crippen LogP contribution < -0.4 is 0 Å². The van der Waals surface area contributed by atoms with Gasteiger partial charge in [-0.25, -0.2) is 4.98 Å². The molecule has 2 nitrogen and oxygen atoms in total. The van der Waals surface area contributed by atoms with E-state index in [0.29, 0.717) is 0 Å². The number of imidazole rings is 1. The molecule has 0 aliphatic carbocycles. The maximum absolute atomic E-state index is 5.24. The minimum Gasteiger partial charge on any atom is -0.292 e. The van der Waals surface area contributed by atoms with Crippen LogP contribution in [0.2, 0.25) is 0 Å². The van der Waals surface area contributed by atoms with Crippen molar-refractivity contribution in [1.29, 1.82) is 0 Å². The van der Waals surface area contributed by atoms with Gasteiger partial charge in [0.05, 0.1) is 11.0 Å². The second-order valence-electron chi connectivity index (χ2n) is 12.5. The molecule has 1 heterocycles. The molecule has 0 atom stereocenters. The molecule has 8 aromatic carbocycles. The van der Waals surface area contributed by atoms with Gasteiger partial charge in [-0.15, -0.1) is 0 Å². The molecular weight excluding hydrogens is 581 g/mol. The van der Waals surface area contributed by atoms with E-state index in [1.807, 2.05) is 6.07 Å². The summed E-state index contributed by atoms with van der Waals surface area (Å²) in [7, 11) is 0. The molecule has 0 unspecified atom stereocenters. The van der Waals surface area contributed by atoms with E-state index in [2.05, 4.69) is 181 Å². The van der Waals surface area contributed by atoms with Gasteiger partial charge in [0, 0.05) is 11.3 Å². The molecule has 0 N–H and O–H groups in total. The summed E-state index contributed by atoms with van der Waals surface area (Å²) >= 11 is 0. The molecule has 0 aliphatic heterocycles. The first-order valence-electron chi connectivity index (χ1n) is 16.5. The number of aromatic nitrogens is 2. The zero-order valence-electron chi connectivity index (χ0n) is 26.6. The molecule has 0 saturated carbocycles. The summed E-state index contributed by atoms with van der Waals surface area (Å²) in [4.78, 5) is 5.24. The maximum Gasteiger partial charge on any atom is 0.145 e. The number of benzene rings is 8. The molecule has 0 spiro atoms. The Hall–Kier alpha value is -6.25. The average molecular weight is 613 g/mol. The zero-order valence-corrected chi connectivity index (χ0v) is 26.6. The van der Waals surface area contributed by atoms with Crippen LogP contribution in [-0.2, 0) is 0 Å². The van der Waals surface area contributed by atoms with Crippen molar-refractivity contribution in [3.63, 3.8) is 0 Å². The van der Waals surface area contributed by atoms with Crippen molar-refractivity contribution in [3.8, 4) is 50.5 Å². The van der Waals surface area contributed by atoms with Gasteiger partial charge >= 0.3 is 0 Å². The largest absolute Gasteiger partial charge is 0.292 e. The SMILES string of the molecule is Cc1ccc2c(-c3ccccc3)c3cc(-c4ccc5c(c4)nc(-c4ccccc4)n5-c4ccccc4)ccc3c(-c3ccccc3)c2c1. The highest BCUT2D eigenvalue weighted by Crippen LogP contribution is 2.45. The van der Waals surface area contributed by atoms with Gasteiger partial charge in [0.15, 0.2) is 0 Å². The number of fused-ring (bicyclic) bond motifs is 3. The van der Waals surface area contributed by atoms with Crippen LogP contribution in [-0.4, -0.2) is 9.55 Å². The third-order valence-electron chi connectivity index (χ3n) is 9.43. The van der Waals surface area contributed by atoms with Crippen LogP contribution in [0.3, 0.4) is 0 Å². The number of hydrogen-bond donors (Lipinski definition) is 0. The molecule has 9 rings (SSSR count). The van der Waals surface area contributed by atoms with Crippen LogP contribution in [0.1, 0.15) is 5.56 Å². The number of para-hydroxylation sites is 1. The Bertz CT molecular complexity index is 2580. The molecular formula is C46H32N2. The molecule has 48 heavy (non-hydrogen) atoms. The number of rotatable bonds is 5. The summed E-state index contributed by atoms with van der Waals surface area (Å²) in [6.07, 6.45) is 0. The van der Waals surface area contributed by atoms with Gasteiger partial charge in [0.1, 0.15) is 5.82 Å². The second-order valence-corrected chi connectivity index (χ2v) is 12.5. The van der Waals surface area contributed by atoms with Crippen LogP contribution in [0.15, 0.2) is 176 Å². The Labute approximate surface area is 280 Å². The van der Waals surface area contributed by atoms with E-state index in [-0.39, 0.29) is 0 Å². The maximum atomic E-state index is 5.24. The molecule has 1 aromatic heterocycles. The average Bonchev–Trinajstić information content (AvgIpc) is 3.54. The Balaban J connectivity index is 1.31. The first-order chi connectivity index (χ1) is 23.7. The molecule has 0 aliphatic rings. The third-order valence-corrected chi connectivity index (χ3v) is 9.43. The van der Waals surface area contributed by atoms with E-state index in [1.165, 1.54) is 54.9 Å². The van der Waals surface area contributed by atoms with E-state index in [9.17, 15) is 0 Å². The normalized spacial score (nSPS) is 11.4. The van der Waals surface area contributed by atoms with Crippen molar-refractivity contribution in [2.45, 2.75) is 6.92 Å². The first-order valence-corrected chi connectivity index (χ1v) is 16.5. The van der Waals surface area contributed by atoms with Gasteiger partial charge in [-0.2, -0.15) is 0 Å². The Morgan fingerprint density at radius 3 is 1.52 bits per heavy atom. The molecule has 0 amide bonds. The molecule has 0 fully saturated rings. The molecule has 9 aromatic rings. The second kappa shape index (κ2) is 11.5.